The van der Waals surface area contributed by atoms with Crippen molar-refractivity contribution in [1.82, 2.24) is 4.90 Å². The normalized spacial score (nSPS) is 33.7. The molecule has 2 fully saturated rings. The van der Waals surface area contributed by atoms with Gasteiger partial charge in [0.25, 0.3) is 0 Å². The number of carbonyl (C=O) groups excluding carboxylic acids is 2. The number of carbonyl (C=O) groups is 2. The Kier molecular flexibility index (Phi) is 3.66. The van der Waals surface area contributed by atoms with Crippen LogP contribution in [-0.2, 0) is 9.59 Å². The van der Waals surface area contributed by atoms with E-state index in [9.17, 15) is 9.59 Å². The summed E-state index contributed by atoms with van der Waals surface area (Å²) in [5.74, 6) is -0.386. The first kappa shape index (κ1) is 12.4. The van der Waals surface area contributed by atoms with Gasteiger partial charge in [0.1, 0.15) is 0 Å². The van der Waals surface area contributed by atoms with Crippen LogP contribution in [0.5, 0.6) is 0 Å². The highest BCUT2D eigenvalue weighted by Crippen LogP contribution is 2.27. The summed E-state index contributed by atoms with van der Waals surface area (Å²) >= 11 is 0. The molecule has 0 bridgehead atoms. The van der Waals surface area contributed by atoms with Crippen LogP contribution in [0.3, 0.4) is 0 Å². The van der Waals surface area contributed by atoms with Gasteiger partial charge in [-0.1, -0.05) is 12.8 Å². The Bertz CT molecular complexity index is 319. The number of hydrogen-bond donors (Lipinski definition) is 2. The van der Waals surface area contributed by atoms with Crippen molar-refractivity contribution >= 4 is 11.8 Å². The van der Waals surface area contributed by atoms with Crippen LogP contribution in [0, 0.1) is 11.8 Å². The fourth-order valence-corrected chi connectivity index (χ4v) is 2.89. The fourth-order valence-electron chi connectivity index (χ4n) is 2.89. The maximum Gasteiger partial charge on any atom is 0.227 e. The summed E-state index contributed by atoms with van der Waals surface area (Å²) in [6.45, 7) is 1.13. The van der Waals surface area contributed by atoms with E-state index in [1.807, 2.05) is 0 Å². The lowest BCUT2D eigenvalue weighted by molar-refractivity contribution is -0.136. The molecule has 0 aromatic heterocycles. The number of likely N-dealkylation sites (tertiary alicyclic amines) is 1. The Morgan fingerprint density at radius 2 is 1.82 bits per heavy atom. The SMILES string of the molecule is NC(=O)C1CCN(C(=O)C2CCCCC2N)C1. The molecule has 3 unspecified atom stereocenters. The largest absolute Gasteiger partial charge is 0.369 e. The van der Waals surface area contributed by atoms with Crippen molar-refractivity contribution in [1.29, 1.82) is 0 Å². The number of hydrogen-bond acceptors (Lipinski definition) is 3. The molecule has 2 rings (SSSR count). The van der Waals surface area contributed by atoms with Crippen LogP contribution in [0.15, 0.2) is 0 Å². The van der Waals surface area contributed by atoms with E-state index >= 15 is 0 Å². The van der Waals surface area contributed by atoms with Crippen LogP contribution in [0.1, 0.15) is 32.1 Å². The lowest BCUT2D eigenvalue weighted by Crippen LogP contribution is -2.45. The van der Waals surface area contributed by atoms with Crippen molar-refractivity contribution in [3.05, 3.63) is 0 Å². The van der Waals surface area contributed by atoms with E-state index in [1.165, 1.54) is 0 Å². The lowest BCUT2D eigenvalue weighted by atomic mass is 9.84. The van der Waals surface area contributed by atoms with E-state index in [2.05, 4.69) is 0 Å². The molecule has 2 aliphatic rings. The van der Waals surface area contributed by atoms with Crippen LogP contribution in [0.2, 0.25) is 0 Å². The van der Waals surface area contributed by atoms with Gasteiger partial charge in [-0.25, -0.2) is 0 Å². The lowest BCUT2D eigenvalue weighted by Gasteiger charge is -2.31. The summed E-state index contributed by atoms with van der Waals surface area (Å²) in [5, 5.41) is 0. The molecule has 1 aliphatic carbocycles. The van der Waals surface area contributed by atoms with E-state index in [1.54, 1.807) is 4.90 Å². The van der Waals surface area contributed by atoms with Crippen LogP contribution in [0.25, 0.3) is 0 Å². The average Bonchev–Trinajstić information content (AvgIpc) is 2.78. The molecule has 5 heteroatoms. The molecule has 0 aromatic carbocycles. The zero-order valence-corrected chi connectivity index (χ0v) is 10.1. The van der Waals surface area contributed by atoms with E-state index in [4.69, 9.17) is 11.5 Å². The summed E-state index contributed by atoms with van der Waals surface area (Å²) < 4.78 is 0. The minimum atomic E-state index is -0.298. The molecule has 0 radical (unpaired) electrons. The second-order valence-corrected chi connectivity index (χ2v) is 5.23. The molecule has 1 saturated carbocycles. The highest BCUT2D eigenvalue weighted by molar-refractivity contribution is 5.82. The first-order chi connectivity index (χ1) is 8.09. The molecule has 96 valence electrons. The Labute approximate surface area is 102 Å². The molecule has 3 atom stereocenters. The molecule has 4 N–H and O–H groups in total. The molecular weight excluding hydrogens is 218 g/mol. The van der Waals surface area contributed by atoms with Gasteiger partial charge in [-0.3, -0.25) is 9.59 Å². The van der Waals surface area contributed by atoms with Gasteiger partial charge in [0.2, 0.25) is 11.8 Å². The smallest absolute Gasteiger partial charge is 0.227 e. The Hall–Kier alpha value is -1.10. The van der Waals surface area contributed by atoms with Crippen LogP contribution < -0.4 is 11.5 Å². The summed E-state index contributed by atoms with van der Waals surface area (Å²) in [4.78, 5) is 25.1. The zero-order chi connectivity index (χ0) is 12.4. The minimum Gasteiger partial charge on any atom is -0.369 e. The number of amides is 2. The van der Waals surface area contributed by atoms with E-state index in [0.29, 0.717) is 19.5 Å². The van der Waals surface area contributed by atoms with Gasteiger partial charge < -0.3 is 16.4 Å². The van der Waals surface area contributed by atoms with Crippen molar-refractivity contribution < 1.29 is 9.59 Å². The average molecular weight is 239 g/mol. The number of nitrogens with two attached hydrogens (primary N) is 2. The number of nitrogens with zero attached hydrogens (tertiary/aromatic N) is 1. The van der Waals surface area contributed by atoms with Crippen molar-refractivity contribution in [3.8, 4) is 0 Å². The number of rotatable bonds is 2. The van der Waals surface area contributed by atoms with Gasteiger partial charge in [0.05, 0.1) is 11.8 Å². The molecule has 2 amide bonds. The Balaban J connectivity index is 1.94. The highest BCUT2D eigenvalue weighted by atomic mass is 16.2. The second-order valence-electron chi connectivity index (χ2n) is 5.23. The maximum atomic E-state index is 12.3. The Morgan fingerprint density at radius 1 is 1.12 bits per heavy atom. The van der Waals surface area contributed by atoms with Crippen LogP contribution in [-0.4, -0.2) is 35.8 Å². The van der Waals surface area contributed by atoms with E-state index in [0.717, 1.165) is 25.7 Å². The molecule has 1 saturated heterocycles. The van der Waals surface area contributed by atoms with Gasteiger partial charge in [-0.15, -0.1) is 0 Å². The summed E-state index contributed by atoms with van der Waals surface area (Å²) in [5.41, 5.74) is 11.3. The minimum absolute atomic E-state index is 0.0103. The standard InChI is InChI=1S/C12H21N3O2/c13-10-4-2-1-3-9(10)12(17)15-6-5-8(7-15)11(14)16/h8-10H,1-7,13H2,(H2,14,16). The van der Waals surface area contributed by atoms with Crippen molar-refractivity contribution in [2.24, 2.45) is 23.3 Å². The molecule has 17 heavy (non-hydrogen) atoms. The topological polar surface area (TPSA) is 89.4 Å². The maximum absolute atomic E-state index is 12.3. The van der Waals surface area contributed by atoms with Gasteiger partial charge in [-0.2, -0.15) is 0 Å². The van der Waals surface area contributed by atoms with Gasteiger partial charge >= 0.3 is 0 Å². The van der Waals surface area contributed by atoms with E-state index < -0.39 is 0 Å². The number of primary amides is 1. The Morgan fingerprint density at radius 3 is 2.41 bits per heavy atom. The summed E-state index contributed by atoms with van der Waals surface area (Å²) in [6.07, 6.45) is 4.72. The van der Waals surface area contributed by atoms with Crippen molar-refractivity contribution in [2.75, 3.05) is 13.1 Å². The van der Waals surface area contributed by atoms with Gasteiger partial charge in [-0.05, 0) is 19.3 Å². The fraction of sp³-hybridized carbons (Fsp3) is 0.833. The third kappa shape index (κ3) is 2.60. The molecule has 1 aliphatic heterocycles. The highest BCUT2D eigenvalue weighted by Gasteiger charge is 2.36. The first-order valence-corrected chi connectivity index (χ1v) is 6.43. The molecular formula is C12H21N3O2. The van der Waals surface area contributed by atoms with Gasteiger partial charge in [0, 0.05) is 19.1 Å². The summed E-state index contributed by atoms with van der Waals surface area (Å²) in [6, 6.07) is -0.0103. The molecule has 0 aromatic rings. The molecule has 5 nitrogen and oxygen atoms in total. The molecule has 0 spiro atoms. The monoisotopic (exact) mass is 239 g/mol. The van der Waals surface area contributed by atoms with Crippen LogP contribution in [0.4, 0.5) is 0 Å². The third-order valence-electron chi connectivity index (χ3n) is 4.04. The predicted molar refractivity (Wildman–Crippen MR) is 63.8 cm³/mol. The first-order valence-electron chi connectivity index (χ1n) is 6.43. The second kappa shape index (κ2) is 5.04. The third-order valence-corrected chi connectivity index (χ3v) is 4.04. The molecule has 1 heterocycles. The summed E-state index contributed by atoms with van der Waals surface area (Å²) in [7, 11) is 0. The van der Waals surface area contributed by atoms with Gasteiger partial charge in [0.15, 0.2) is 0 Å². The van der Waals surface area contributed by atoms with Crippen LogP contribution >= 0.6 is 0 Å². The quantitative estimate of drug-likeness (QED) is 0.701. The van der Waals surface area contributed by atoms with Crippen molar-refractivity contribution in [3.63, 3.8) is 0 Å². The van der Waals surface area contributed by atoms with E-state index in [-0.39, 0.29) is 29.7 Å². The predicted octanol–water partition coefficient (Wildman–Crippen LogP) is -0.162. The zero-order valence-electron chi connectivity index (χ0n) is 10.1. The van der Waals surface area contributed by atoms with Crippen molar-refractivity contribution in [2.45, 2.75) is 38.1 Å².